The first-order valence-electron chi connectivity index (χ1n) is 8.22. The van der Waals surface area contributed by atoms with Crippen LogP contribution < -0.4 is 14.8 Å². The molecule has 1 aromatic carbocycles. The van der Waals surface area contributed by atoms with Gasteiger partial charge in [0.2, 0.25) is 10.0 Å². The monoisotopic (exact) mass is 388 g/mol. The summed E-state index contributed by atoms with van der Waals surface area (Å²) in [6, 6.07) is 11.9. The Bertz CT molecular complexity index is 1000. The Morgan fingerprint density at radius 3 is 2.56 bits per heavy atom. The van der Waals surface area contributed by atoms with Crippen LogP contribution >= 0.6 is 0 Å². The van der Waals surface area contributed by atoms with E-state index in [-0.39, 0.29) is 11.4 Å². The van der Waals surface area contributed by atoms with Crippen LogP contribution in [0.4, 0.5) is 5.82 Å². The van der Waals surface area contributed by atoms with Gasteiger partial charge < -0.3 is 10.1 Å². The fourth-order valence-electron chi connectivity index (χ4n) is 2.38. The number of hydrogen-bond acceptors (Lipinski definition) is 7. The minimum absolute atomic E-state index is 0.103. The van der Waals surface area contributed by atoms with E-state index >= 15 is 0 Å². The third-order valence-corrected chi connectivity index (χ3v) is 5.19. The molecule has 0 radical (unpaired) electrons. The normalized spacial score (nSPS) is 11.3. The van der Waals surface area contributed by atoms with Crippen molar-refractivity contribution >= 4 is 15.8 Å². The van der Waals surface area contributed by atoms with Gasteiger partial charge in [0, 0.05) is 19.3 Å². The summed E-state index contributed by atoms with van der Waals surface area (Å²) in [6.45, 7) is 2.43. The molecule has 0 unspecified atom stereocenters. The number of aryl methyl sites for hydroxylation is 1. The van der Waals surface area contributed by atoms with Gasteiger partial charge in [-0.1, -0.05) is 12.1 Å². The van der Waals surface area contributed by atoms with Crippen LogP contribution in [0.25, 0.3) is 5.82 Å². The average molecular weight is 388 g/mol. The highest BCUT2D eigenvalue weighted by molar-refractivity contribution is 7.89. The van der Waals surface area contributed by atoms with Gasteiger partial charge in [-0.05, 0) is 37.3 Å². The first-order valence-corrected chi connectivity index (χ1v) is 9.71. The molecule has 2 N–H and O–H groups in total. The van der Waals surface area contributed by atoms with Crippen LogP contribution in [0.5, 0.6) is 5.75 Å². The second kappa shape index (κ2) is 8.14. The molecule has 9 nitrogen and oxygen atoms in total. The molecule has 0 saturated carbocycles. The van der Waals surface area contributed by atoms with Crippen molar-refractivity contribution < 1.29 is 13.2 Å². The van der Waals surface area contributed by atoms with Crippen LogP contribution in [0.15, 0.2) is 53.6 Å². The topological polar surface area (TPSA) is 111 Å². The van der Waals surface area contributed by atoms with Crippen molar-refractivity contribution in [3.05, 3.63) is 54.4 Å². The fraction of sp³-hybridized carbons (Fsp3) is 0.235. The van der Waals surface area contributed by atoms with Crippen LogP contribution in [0.1, 0.15) is 5.69 Å². The Morgan fingerprint density at radius 1 is 1.07 bits per heavy atom. The van der Waals surface area contributed by atoms with Crippen LogP contribution in [-0.2, 0) is 10.0 Å². The van der Waals surface area contributed by atoms with Crippen LogP contribution in [0, 0.1) is 6.92 Å². The maximum absolute atomic E-state index is 12.4. The largest absolute Gasteiger partial charge is 0.495 e. The standard InChI is InChI=1S/C17H20N6O3S/c1-13-9-12-23(22-13)17-8-7-16(20-21-17)18-10-11-19-27(24,25)15-6-4-3-5-14(15)26-2/h3-9,12,19H,10-11H2,1-2H3,(H,18,20). The van der Waals surface area contributed by atoms with Gasteiger partial charge in [0.15, 0.2) is 5.82 Å². The maximum atomic E-state index is 12.4. The molecule has 2 aromatic heterocycles. The van der Waals surface area contributed by atoms with Crippen molar-refractivity contribution in [2.75, 3.05) is 25.5 Å². The third kappa shape index (κ3) is 4.60. The van der Waals surface area contributed by atoms with Crippen LogP contribution in [0.2, 0.25) is 0 Å². The molecule has 0 saturated heterocycles. The van der Waals surface area contributed by atoms with Crippen molar-refractivity contribution in [1.29, 1.82) is 0 Å². The first-order chi connectivity index (χ1) is 13.0. The van der Waals surface area contributed by atoms with E-state index in [0.29, 0.717) is 23.9 Å². The number of aromatic nitrogens is 4. The lowest BCUT2D eigenvalue weighted by Gasteiger charge is -2.11. The summed E-state index contributed by atoms with van der Waals surface area (Å²) < 4.78 is 34.0. The fourth-order valence-corrected chi connectivity index (χ4v) is 3.58. The summed E-state index contributed by atoms with van der Waals surface area (Å²) in [4.78, 5) is 0.103. The van der Waals surface area contributed by atoms with E-state index < -0.39 is 10.0 Å². The summed E-state index contributed by atoms with van der Waals surface area (Å²) >= 11 is 0. The predicted molar refractivity (Wildman–Crippen MR) is 101 cm³/mol. The number of anilines is 1. The van der Waals surface area contributed by atoms with Gasteiger partial charge in [-0.15, -0.1) is 10.2 Å². The Labute approximate surface area is 157 Å². The maximum Gasteiger partial charge on any atom is 0.244 e. The second-order valence-corrected chi connectivity index (χ2v) is 7.39. The summed E-state index contributed by atoms with van der Waals surface area (Å²) in [7, 11) is -2.23. The number of benzene rings is 1. The number of hydrogen-bond donors (Lipinski definition) is 2. The predicted octanol–water partition coefficient (Wildman–Crippen LogP) is 1.37. The summed E-state index contributed by atoms with van der Waals surface area (Å²) in [5.41, 5.74) is 0.890. The van der Waals surface area contributed by atoms with Crippen molar-refractivity contribution in [2.24, 2.45) is 0 Å². The summed E-state index contributed by atoms with van der Waals surface area (Å²) in [6.07, 6.45) is 1.80. The van der Waals surface area contributed by atoms with E-state index in [4.69, 9.17) is 4.74 Å². The first kappa shape index (κ1) is 18.8. The highest BCUT2D eigenvalue weighted by atomic mass is 32.2. The molecule has 0 aliphatic heterocycles. The molecule has 0 spiro atoms. The van der Waals surface area contributed by atoms with Gasteiger partial charge in [0.05, 0.1) is 12.8 Å². The van der Waals surface area contributed by atoms with Gasteiger partial charge in [0.1, 0.15) is 16.5 Å². The van der Waals surface area contributed by atoms with E-state index in [0.717, 1.165) is 5.69 Å². The molecule has 0 fully saturated rings. The smallest absolute Gasteiger partial charge is 0.244 e. The van der Waals surface area contributed by atoms with Gasteiger partial charge in [0.25, 0.3) is 0 Å². The molecule has 2 heterocycles. The number of ether oxygens (including phenoxy) is 1. The summed E-state index contributed by atoms with van der Waals surface area (Å²) in [5, 5.41) is 15.4. The molecule has 27 heavy (non-hydrogen) atoms. The zero-order valence-corrected chi connectivity index (χ0v) is 15.8. The number of nitrogens with one attached hydrogen (secondary N) is 2. The Balaban J connectivity index is 1.54. The number of nitrogens with zero attached hydrogens (tertiary/aromatic N) is 4. The minimum atomic E-state index is -3.66. The molecule has 0 bridgehead atoms. The highest BCUT2D eigenvalue weighted by Gasteiger charge is 2.18. The number of methoxy groups -OCH3 is 1. The molecule has 10 heteroatoms. The van der Waals surface area contributed by atoms with Crippen molar-refractivity contribution in [1.82, 2.24) is 24.7 Å². The van der Waals surface area contributed by atoms with Gasteiger partial charge in [-0.3, -0.25) is 0 Å². The number of para-hydroxylation sites is 1. The molecule has 0 aliphatic carbocycles. The van der Waals surface area contributed by atoms with Gasteiger partial charge in [-0.25, -0.2) is 17.8 Å². The Kier molecular flexibility index (Phi) is 5.67. The van der Waals surface area contributed by atoms with Gasteiger partial charge in [-0.2, -0.15) is 5.10 Å². The molecular weight excluding hydrogens is 368 g/mol. The highest BCUT2D eigenvalue weighted by Crippen LogP contribution is 2.22. The quantitative estimate of drug-likeness (QED) is 0.561. The zero-order chi connectivity index (χ0) is 19.3. The molecule has 3 aromatic rings. The SMILES string of the molecule is COc1ccccc1S(=O)(=O)NCCNc1ccc(-n2ccc(C)n2)nn1. The molecule has 142 valence electrons. The van der Waals surface area contributed by atoms with Crippen molar-refractivity contribution in [2.45, 2.75) is 11.8 Å². The van der Waals surface area contributed by atoms with Crippen LogP contribution in [-0.4, -0.2) is 48.6 Å². The minimum Gasteiger partial charge on any atom is -0.495 e. The molecule has 0 atom stereocenters. The zero-order valence-electron chi connectivity index (χ0n) is 15.0. The van der Waals surface area contributed by atoms with Crippen LogP contribution in [0.3, 0.4) is 0 Å². The lowest BCUT2D eigenvalue weighted by molar-refractivity contribution is 0.402. The molecule has 3 rings (SSSR count). The van der Waals surface area contributed by atoms with E-state index in [9.17, 15) is 8.42 Å². The summed E-state index contributed by atoms with van der Waals surface area (Å²) in [5.74, 6) is 1.44. The van der Waals surface area contributed by atoms with E-state index in [1.165, 1.54) is 13.2 Å². The van der Waals surface area contributed by atoms with Crippen molar-refractivity contribution in [3.63, 3.8) is 0 Å². The Hall–Kier alpha value is -2.98. The average Bonchev–Trinajstić information content (AvgIpc) is 3.12. The lowest BCUT2D eigenvalue weighted by Crippen LogP contribution is -2.29. The third-order valence-electron chi connectivity index (χ3n) is 3.69. The number of sulfonamides is 1. The van der Waals surface area contributed by atoms with E-state index in [2.05, 4.69) is 25.3 Å². The molecule has 0 aliphatic rings. The van der Waals surface area contributed by atoms with E-state index in [1.54, 1.807) is 41.2 Å². The van der Waals surface area contributed by atoms with Gasteiger partial charge >= 0.3 is 0 Å². The second-order valence-electron chi connectivity index (χ2n) is 5.65. The Morgan fingerprint density at radius 2 is 1.89 bits per heavy atom. The lowest BCUT2D eigenvalue weighted by atomic mass is 10.3. The van der Waals surface area contributed by atoms with E-state index in [1.807, 2.05) is 13.0 Å². The molecule has 0 amide bonds. The molecular formula is C17H20N6O3S. The number of rotatable bonds is 8. The van der Waals surface area contributed by atoms with Crippen molar-refractivity contribution in [3.8, 4) is 11.6 Å².